The second-order valence-electron chi connectivity index (χ2n) is 13.6. The molecule has 0 saturated carbocycles. The van der Waals surface area contributed by atoms with Crippen LogP contribution in [0.15, 0.2) is 106 Å². The Morgan fingerprint density at radius 3 is 0.841 bits per heavy atom. The van der Waals surface area contributed by atoms with Crippen LogP contribution in [0.5, 0.6) is 0 Å². The van der Waals surface area contributed by atoms with Gasteiger partial charge in [0, 0.05) is 20.1 Å². The normalized spacial score (nSPS) is 10.7. The number of hydrogen-bond acceptors (Lipinski definition) is 0. The van der Waals surface area contributed by atoms with Crippen molar-refractivity contribution >= 4 is 56.1 Å². The molecule has 4 aromatic rings. The maximum atomic E-state index is 5.12. The van der Waals surface area contributed by atoms with E-state index in [1.165, 1.54) is 22.3 Å². The van der Waals surface area contributed by atoms with Gasteiger partial charge in [0.05, 0.1) is 0 Å². The number of hydrogen-bond donors (Lipinski definition) is 0. The van der Waals surface area contributed by atoms with E-state index >= 15 is 0 Å². The van der Waals surface area contributed by atoms with Gasteiger partial charge in [0.15, 0.2) is 0 Å². The molecule has 0 aromatic heterocycles. The third-order valence-electron chi connectivity index (χ3n) is 5.72. The Labute approximate surface area is 287 Å². The fraction of sp³-hybridized carbons (Fsp3) is 0.231. The van der Waals surface area contributed by atoms with Gasteiger partial charge in [-0.3, -0.25) is 0 Å². The van der Waals surface area contributed by atoms with Crippen molar-refractivity contribution in [3.05, 3.63) is 117 Å². The summed E-state index contributed by atoms with van der Waals surface area (Å²) in [5.41, 5.74) is 16.7. The van der Waals surface area contributed by atoms with Crippen molar-refractivity contribution < 1.29 is 0 Å². The number of rotatable bonds is 2. The Balaban J connectivity index is 0.000000282. The van der Waals surface area contributed by atoms with Crippen LogP contribution in [0.25, 0.3) is 22.3 Å². The smallest absolute Gasteiger partial charge is 0.129 e. The molecule has 44 heavy (non-hydrogen) atoms. The van der Waals surface area contributed by atoms with E-state index in [-0.39, 0.29) is 0 Å². The lowest BCUT2D eigenvalue weighted by Crippen LogP contribution is -2.16. The topological polar surface area (TPSA) is 0 Å². The molecule has 5 heteroatoms. The lowest BCUT2D eigenvalue weighted by atomic mass is 10.0. The minimum Gasteiger partial charge on any atom is -0.135 e. The van der Waals surface area contributed by atoms with Gasteiger partial charge < -0.3 is 0 Å². The summed E-state index contributed by atoms with van der Waals surface area (Å²) in [5, 5.41) is 0. The largest absolute Gasteiger partial charge is 0.135 e. The van der Waals surface area contributed by atoms with Gasteiger partial charge in [-0.15, -0.1) is 23.1 Å². The van der Waals surface area contributed by atoms with Crippen LogP contribution in [0, 0.1) is 34.9 Å². The van der Waals surface area contributed by atoms with Crippen molar-refractivity contribution in [2.75, 3.05) is 0 Å². The first-order valence-electron chi connectivity index (χ1n) is 14.7. The summed E-state index contributed by atoms with van der Waals surface area (Å²) in [5.74, 6) is 6.60. The molecule has 0 fully saturated rings. The van der Waals surface area contributed by atoms with Gasteiger partial charge in [0.25, 0.3) is 0 Å². The molecule has 0 N–H and O–H groups in total. The molecular weight excluding hydrogens is 712 g/mol. The van der Waals surface area contributed by atoms with Crippen molar-refractivity contribution in [3.63, 3.8) is 0 Å². The van der Waals surface area contributed by atoms with Crippen molar-refractivity contribution in [3.8, 4) is 57.1 Å². The Bertz CT molecular complexity index is 1520. The number of terminal acetylenes is 1. The molecule has 0 aliphatic rings. The molecule has 0 amide bonds. The zero-order chi connectivity index (χ0) is 33.0. The van der Waals surface area contributed by atoms with Crippen molar-refractivity contribution in [1.82, 2.24) is 0 Å². The standard InChI is InChI=1S/C22H26Si2.C12H8Br2.C5H10Si/c1-23(2,3)17-15-19-7-11-21(12-8-19)22-13-9-20(10-14-22)16-18-24(4,5)6;13-11-5-1-9(2-6-11)10-3-7-12(14)8-4-10;1-5-6(2,3)4/h7-14H,1-6H3;1-8H;1H,2-4H3. The zero-order valence-corrected chi connectivity index (χ0v) is 33.7. The van der Waals surface area contributed by atoms with E-state index in [0.29, 0.717) is 0 Å². The molecule has 0 spiro atoms. The highest BCUT2D eigenvalue weighted by atomic mass is 79.9. The molecule has 0 atom stereocenters. The van der Waals surface area contributed by atoms with Gasteiger partial charge >= 0.3 is 0 Å². The van der Waals surface area contributed by atoms with Crippen LogP contribution >= 0.6 is 31.9 Å². The molecule has 0 heterocycles. The first kappa shape index (κ1) is 37.4. The Morgan fingerprint density at radius 1 is 0.409 bits per heavy atom. The van der Waals surface area contributed by atoms with Crippen LogP contribution in [0.4, 0.5) is 0 Å². The predicted octanol–water partition coefficient (Wildman–Crippen LogP) is 12.2. The van der Waals surface area contributed by atoms with Crippen LogP contribution in [-0.4, -0.2) is 24.2 Å². The summed E-state index contributed by atoms with van der Waals surface area (Å²) in [4.78, 5) is 0. The van der Waals surface area contributed by atoms with Crippen molar-refractivity contribution in [2.24, 2.45) is 0 Å². The molecule has 0 nitrogen and oxygen atoms in total. The predicted molar refractivity (Wildman–Crippen MR) is 212 cm³/mol. The van der Waals surface area contributed by atoms with Crippen LogP contribution in [0.3, 0.4) is 0 Å². The van der Waals surface area contributed by atoms with Gasteiger partial charge in [-0.25, -0.2) is 0 Å². The maximum absolute atomic E-state index is 5.12. The third-order valence-corrected chi connectivity index (χ3v) is 9.39. The fourth-order valence-electron chi connectivity index (χ4n) is 3.30. The van der Waals surface area contributed by atoms with E-state index in [1.54, 1.807) is 0 Å². The summed E-state index contributed by atoms with van der Waals surface area (Å²) in [6.45, 7) is 20.0. The monoisotopic (exact) mass is 754 g/mol. The Hall–Kier alpha value is -2.83. The molecule has 0 saturated heterocycles. The van der Waals surface area contributed by atoms with Crippen LogP contribution in [0.1, 0.15) is 11.1 Å². The average Bonchev–Trinajstić information content (AvgIpc) is 2.96. The SMILES string of the molecule is Brc1ccc(-c2ccc(Br)cc2)cc1.C#C[Si](C)(C)C.C[Si](C)(C)C#Cc1ccc(-c2ccc(C#C[Si](C)(C)C)cc2)cc1. The average molecular weight is 757 g/mol. The molecule has 0 aliphatic carbocycles. The molecule has 0 aliphatic heterocycles. The summed E-state index contributed by atoms with van der Waals surface area (Å²) < 4.78 is 2.22. The summed E-state index contributed by atoms with van der Waals surface area (Å²) in [6.07, 6.45) is 5.12. The minimum atomic E-state index is -1.32. The second kappa shape index (κ2) is 17.0. The Morgan fingerprint density at radius 2 is 0.636 bits per heavy atom. The fourth-order valence-corrected chi connectivity index (χ4v) is 4.86. The summed E-state index contributed by atoms with van der Waals surface area (Å²) >= 11 is 6.84. The first-order valence-corrected chi connectivity index (χ1v) is 26.8. The van der Waals surface area contributed by atoms with E-state index in [0.717, 1.165) is 20.1 Å². The number of benzene rings is 4. The third kappa shape index (κ3) is 15.8. The van der Waals surface area contributed by atoms with Gasteiger partial charge in [0.2, 0.25) is 0 Å². The molecule has 226 valence electrons. The Kier molecular flexibility index (Phi) is 14.5. The minimum absolute atomic E-state index is 1.10. The van der Waals surface area contributed by atoms with E-state index in [4.69, 9.17) is 6.42 Å². The molecule has 4 aromatic carbocycles. The molecular formula is C39H44Br2Si3. The van der Waals surface area contributed by atoms with Crippen LogP contribution in [-0.2, 0) is 0 Å². The first-order chi connectivity index (χ1) is 20.4. The summed E-state index contributed by atoms with van der Waals surface area (Å²) in [6, 6.07) is 33.7. The highest BCUT2D eigenvalue weighted by Gasteiger charge is 2.08. The van der Waals surface area contributed by atoms with Gasteiger partial charge in [-0.05, 0) is 70.8 Å². The van der Waals surface area contributed by atoms with E-state index < -0.39 is 24.2 Å². The summed E-state index contributed by atoms with van der Waals surface area (Å²) in [7, 11) is -3.74. The van der Waals surface area contributed by atoms with Gasteiger partial charge in [0.1, 0.15) is 24.2 Å². The highest BCUT2D eigenvalue weighted by Crippen LogP contribution is 2.23. The second-order valence-corrected chi connectivity index (χ2v) is 29.7. The quantitative estimate of drug-likeness (QED) is 0.141. The molecule has 0 unspecified atom stereocenters. The van der Waals surface area contributed by atoms with Crippen molar-refractivity contribution in [1.29, 1.82) is 0 Å². The van der Waals surface area contributed by atoms with E-state index in [2.05, 4.69) is 216 Å². The van der Waals surface area contributed by atoms with E-state index in [9.17, 15) is 0 Å². The van der Waals surface area contributed by atoms with E-state index in [1.807, 2.05) is 0 Å². The lowest BCUT2D eigenvalue weighted by molar-refractivity contribution is 1.58. The zero-order valence-electron chi connectivity index (χ0n) is 27.6. The van der Waals surface area contributed by atoms with Crippen LogP contribution in [0.2, 0.25) is 58.9 Å². The van der Waals surface area contributed by atoms with Gasteiger partial charge in [-0.2, -0.15) is 0 Å². The molecule has 4 rings (SSSR count). The maximum Gasteiger partial charge on any atom is 0.129 e. The molecule has 0 bridgehead atoms. The van der Waals surface area contributed by atoms with Crippen LogP contribution < -0.4 is 0 Å². The molecule has 0 radical (unpaired) electrons. The lowest BCUT2D eigenvalue weighted by Gasteiger charge is -2.05. The van der Waals surface area contributed by atoms with Gasteiger partial charge in [-0.1, -0.05) is 151 Å². The highest BCUT2D eigenvalue weighted by molar-refractivity contribution is 9.10. The number of halogens is 2. The van der Waals surface area contributed by atoms with Crippen molar-refractivity contribution in [2.45, 2.75) is 58.9 Å².